The SMILES string of the molecule is COc1ccc(CN2CCC3CCN(c4ncccc4C#N)CC32)cc1F. The minimum absolute atomic E-state index is 0.279. The molecule has 2 unspecified atom stereocenters. The van der Waals surface area contributed by atoms with E-state index in [1.54, 1.807) is 24.4 Å². The molecule has 0 N–H and O–H groups in total. The van der Waals surface area contributed by atoms with Crippen molar-refractivity contribution < 1.29 is 9.13 Å². The zero-order valence-corrected chi connectivity index (χ0v) is 15.4. The zero-order chi connectivity index (χ0) is 18.8. The molecule has 140 valence electrons. The van der Waals surface area contributed by atoms with Crippen molar-refractivity contribution in [2.24, 2.45) is 5.92 Å². The van der Waals surface area contributed by atoms with Gasteiger partial charge >= 0.3 is 0 Å². The smallest absolute Gasteiger partial charge is 0.165 e. The first-order valence-corrected chi connectivity index (χ1v) is 9.36. The lowest BCUT2D eigenvalue weighted by atomic mass is 9.92. The fourth-order valence-electron chi connectivity index (χ4n) is 4.40. The van der Waals surface area contributed by atoms with Crippen molar-refractivity contribution in [3.63, 3.8) is 0 Å². The Hall–Kier alpha value is -2.65. The minimum Gasteiger partial charge on any atom is -0.494 e. The molecule has 0 saturated carbocycles. The van der Waals surface area contributed by atoms with Gasteiger partial charge in [0.25, 0.3) is 0 Å². The fraction of sp³-hybridized carbons (Fsp3) is 0.429. The number of piperidine rings is 1. The molecule has 2 aliphatic heterocycles. The third kappa shape index (κ3) is 3.47. The largest absolute Gasteiger partial charge is 0.494 e. The van der Waals surface area contributed by atoms with Crippen LogP contribution in [0, 0.1) is 23.1 Å². The third-order valence-corrected chi connectivity index (χ3v) is 5.79. The number of nitrogens with zero attached hydrogens (tertiary/aromatic N) is 4. The molecule has 2 saturated heterocycles. The van der Waals surface area contributed by atoms with Gasteiger partial charge in [-0.05, 0) is 55.1 Å². The summed E-state index contributed by atoms with van der Waals surface area (Å²) in [5, 5.41) is 9.38. The van der Waals surface area contributed by atoms with Crippen LogP contribution in [0.25, 0.3) is 0 Å². The van der Waals surface area contributed by atoms with Crippen molar-refractivity contribution in [1.29, 1.82) is 5.26 Å². The maximum atomic E-state index is 14.0. The summed E-state index contributed by atoms with van der Waals surface area (Å²) in [5.41, 5.74) is 1.58. The van der Waals surface area contributed by atoms with Crippen LogP contribution in [-0.4, -0.2) is 42.7 Å². The van der Waals surface area contributed by atoms with Gasteiger partial charge in [0, 0.05) is 31.9 Å². The number of hydrogen-bond donors (Lipinski definition) is 0. The molecule has 2 aromatic rings. The number of fused-ring (bicyclic) bond motifs is 1. The van der Waals surface area contributed by atoms with E-state index < -0.39 is 0 Å². The standard InChI is InChI=1S/C21H23FN4O/c1-27-20-5-4-15(11-18(20)22)13-25-9-6-16-7-10-26(14-19(16)25)21-17(12-23)3-2-8-24-21/h2-5,8,11,16,19H,6-7,9-10,13-14H2,1H3. The van der Waals surface area contributed by atoms with Gasteiger partial charge in [-0.3, -0.25) is 4.90 Å². The maximum absolute atomic E-state index is 14.0. The number of nitriles is 1. The van der Waals surface area contributed by atoms with Gasteiger partial charge in [0.15, 0.2) is 11.6 Å². The van der Waals surface area contributed by atoms with Crippen LogP contribution in [0.1, 0.15) is 24.0 Å². The summed E-state index contributed by atoms with van der Waals surface area (Å²) >= 11 is 0. The second kappa shape index (κ2) is 7.53. The second-order valence-electron chi connectivity index (χ2n) is 7.28. The summed E-state index contributed by atoms with van der Waals surface area (Å²) in [7, 11) is 1.48. The van der Waals surface area contributed by atoms with E-state index in [9.17, 15) is 9.65 Å². The number of halogens is 1. The molecule has 0 spiro atoms. The van der Waals surface area contributed by atoms with Crippen LogP contribution in [0.5, 0.6) is 5.75 Å². The predicted molar refractivity (Wildman–Crippen MR) is 101 cm³/mol. The van der Waals surface area contributed by atoms with Crippen molar-refractivity contribution in [3.05, 3.63) is 53.5 Å². The molecule has 2 atom stereocenters. The summed E-state index contributed by atoms with van der Waals surface area (Å²) in [5.74, 6) is 1.39. The van der Waals surface area contributed by atoms with Crippen molar-refractivity contribution in [3.8, 4) is 11.8 Å². The van der Waals surface area contributed by atoms with E-state index in [-0.39, 0.29) is 11.6 Å². The van der Waals surface area contributed by atoms with Gasteiger partial charge in [-0.1, -0.05) is 6.07 Å². The van der Waals surface area contributed by atoms with Crippen LogP contribution in [0.2, 0.25) is 0 Å². The molecule has 6 heteroatoms. The van der Waals surface area contributed by atoms with E-state index in [0.717, 1.165) is 44.0 Å². The van der Waals surface area contributed by atoms with E-state index in [4.69, 9.17) is 4.74 Å². The number of ether oxygens (including phenoxy) is 1. The molecule has 27 heavy (non-hydrogen) atoms. The summed E-state index contributed by atoms with van der Waals surface area (Å²) in [6, 6.07) is 11.5. The summed E-state index contributed by atoms with van der Waals surface area (Å²) in [4.78, 5) is 9.11. The number of hydrogen-bond acceptors (Lipinski definition) is 5. The molecule has 1 aromatic heterocycles. The fourth-order valence-corrected chi connectivity index (χ4v) is 4.40. The van der Waals surface area contributed by atoms with Crippen molar-refractivity contribution in [1.82, 2.24) is 9.88 Å². The molecule has 5 nitrogen and oxygen atoms in total. The summed E-state index contributed by atoms with van der Waals surface area (Å²) in [6.07, 6.45) is 4.01. The molecule has 0 amide bonds. The van der Waals surface area contributed by atoms with Crippen LogP contribution in [0.15, 0.2) is 36.5 Å². The van der Waals surface area contributed by atoms with Gasteiger partial charge in [-0.2, -0.15) is 5.26 Å². The monoisotopic (exact) mass is 366 g/mol. The minimum atomic E-state index is -0.317. The Morgan fingerprint density at radius 2 is 2.15 bits per heavy atom. The highest BCUT2D eigenvalue weighted by atomic mass is 19.1. The summed E-state index contributed by atoms with van der Waals surface area (Å²) in [6.45, 7) is 3.53. The number of rotatable bonds is 4. The van der Waals surface area contributed by atoms with Gasteiger partial charge in [0.2, 0.25) is 0 Å². The van der Waals surface area contributed by atoms with Gasteiger partial charge < -0.3 is 9.64 Å². The first-order valence-electron chi connectivity index (χ1n) is 9.36. The number of likely N-dealkylation sites (tertiary alicyclic amines) is 1. The number of aromatic nitrogens is 1. The average Bonchev–Trinajstić information content (AvgIpc) is 3.10. The lowest BCUT2D eigenvalue weighted by molar-refractivity contribution is 0.200. The highest BCUT2D eigenvalue weighted by Crippen LogP contribution is 2.35. The molecule has 3 heterocycles. The Bertz CT molecular complexity index is 866. The third-order valence-electron chi connectivity index (χ3n) is 5.79. The first kappa shape index (κ1) is 17.7. The Labute approximate surface area is 159 Å². The van der Waals surface area contributed by atoms with E-state index in [0.29, 0.717) is 17.5 Å². The van der Waals surface area contributed by atoms with Crippen LogP contribution >= 0.6 is 0 Å². The Kier molecular flexibility index (Phi) is 4.95. The van der Waals surface area contributed by atoms with Crippen molar-refractivity contribution in [2.75, 3.05) is 31.6 Å². The number of benzene rings is 1. The van der Waals surface area contributed by atoms with Gasteiger partial charge in [-0.15, -0.1) is 0 Å². The summed E-state index contributed by atoms with van der Waals surface area (Å²) < 4.78 is 19.0. The quantitative estimate of drug-likeness (QED) is 0.832. The molecule has 0 bridgehead atoms. The van der Waals surface area contributed by atoms with E-state index in [1.165, 1.54) is 13.5 Å². The van der Waals surface area contributed by atoms with E-state index in [1.807, 2.05) is 12.1 Å². The lowest BCUT2D eigenvalue weighted by Gasteiger charge is -2.39. The molecule has 4 rings (SSSR count). The Morgan fingerprint density at radius 3 is 2.93 bits per heavy atom. The van der Waals surface area contributed by atoms with Gasteiger partial charge in [0.05, 0.1) is 12.7 Å². The normalized spacial score (nSPS) is 22.3. The average molecular weight is 366 g/mol. The molecular formula is C21H23FN4O. The first-order chi connectivity index (χ1) is 13.2. The molecule has 0 radical (unpaired) electrons. The zero-order valence-electron chi connectivity index (χ0n) is 15.4. The van der Waals surface area contributed by atoms with E-state index in [2.05, 4.69) is 20.9 Å². The highest BCUT2D eigenvalue weighted by Gasteiger charge is 2.39. The van der Waals surface area contributed by atoms with Gasteiger partial charge in [0.1, 0.15) is 11.9 Å². The highest BCUT2D eigenvalue weighted by molar-refractivity contribution is 5.54. The Balaban J connectivity index is 1.50. The van der Waals surface area contributed by atoms with E-state index >= 15 is 0 Å². The van der Waals surface area contributed by atoms with Gasteiger partial charge in [-0.25, -0.2) is 9.37 Å². The van der Waals surface area contributed by atoms with Crippen molar-refractivity contribution >= 4 is 5.82 Å². The second-order valence-corrected chi connectivity index (χ2v) is 7.28. The lowest BCUT2D eigenvalue weighted by Crippen LogP contribution is -2.48. The molecule has 2 aliphatic rings. The van der Waals surface area contributed by atoms with Crippen LogP contribution in [-0.2, 0) is 6.54 Å². The molecule has 2 fully saturated rings. The van der Waals surface area contributed by atoms with Crippen molar-refractivity contribution in [2.45, 2.75) is 25.4 Å². The van der Waals surface area contributed by atoms with Crippen LogP contribution in [0.3, 0.4) is 0 Å². The molecular weight excluding hydrogens is 343 g/mol. The number of pyridine rings is 1. The number of anilines is 1. The molecule has 0 aliphatic carbocycles. The number of methoxy groups -OCH3 is 1. The maximum Gasteiger partial charge on any atom is 0.165 e. The van der Waals surface area contributed by atoms with Crippen LogP contribution < -0.4 is 9.64 Å². The molecule has 1 aromatic carbocycles. The topological polar surface area (TPSA) is 52.4 Å². The predicted octanol–water partition coefficient (Wildman–Crippen LogP) is 3.20. The van der Waals surface area contributed by atoms with Crippen LogP contribution in [0.4, 0.5) is 10.2 Å². The Morgan fingerprint density at radius 1 is 1.30 bits per heavy atom.